The van der Waals surface area contributed by atoms with Crippen molar-refractivity contribution in [3.63, 3.8) is 0 Å². The predicted octanol–water partition coefficient (Wildman–Crippen LogP) is 4.21. The summed E-state index contributed by atoms with van der Waals surface area (Å²) in [6.07, 6.45) is 6.04. The van der Waals surface area contributed by atoms with Crippen molar-refractivity contribution in [1.82, 2.24) is 19.3 Å². The lowest BCUT2D eigenvalue weighted by atomic mass is 10.1. The Morgan fingerprint density at radius 2 is 1.58 bits per heavy atom. The number of hydrogen-bond donors (Lipinski definition) is 3. The lowest BCUT2D eigenvalue weighted by Crippen LogP contribution is -2.57. The van der Waals surface area contributed by atoms with Crippen LogP contribution in [0.2, 0.25) is 0 Å². The molecule has 14 heteroatoms. The Hall–Kier alpha value is -4.76. The van der Waals surface area contributed by atoms with Gasteiger partial charge in [0.05, 0.1) is 44.5 Å². The molecule has 0 radical (unpaired) electrons. The lowest BCUT2D eigenvalue weighted by molar-refractivity contribution is 0.0696. The van der Waals surface area contributed by atoms with Gasteiger partial charge < -0.3 is 10.0 Å². The summed E-state index contributed by atoms with van der Waals surface area (Å²) in [5, 5.41) is 9.17. The third-order valence-corrected chi connectivity index (χ3v) is 12.1. The molecule has 0 atom stereocenters. The van der Waals surface area contributed by atoms with Gasteiger partial charge in [-0.3, -0.25) is 19.2 Å². The number of carboxylic acids is 1. The van der Waals surface area contributed by atoms with E-state index in [-0.39, 0.29) is 28.4 Å². The predicted molar refractivity (Wildman–Crippen MR) is 172 cm³/mol. The fourth-order valence-corrected chi connectivity index (χ4v) is 8.35. The highest BCUT2D eigenvalue weighted by Gasteiger charge is 2.35. The van der Waals surface area contributed by atoms with Crippen LogP contribution in [-0.4, -0.2) is 79.9 Å². The fourth-order valence-electron chi connectivity index (χ4n) is 5.21. The first-order valence-electron chi connectivity index (χ1n) is 13.9. The van der Waals surface area contributed by atoms with Gasteiger partial charge in [0.1, 0.15) is 5.82 Å². The highest BCUT2D eigenvalue weighted by molar-refractivity contribution is 8.12. The summed E-state index contributed by atoms with van der Waals surface area (Å²) in [5.41, 5.74) is 3.13. The monoisotopic (exact) mass is 646 g/mol. The second kappa shape index (κ2) is 11.3. The van der Waals surface area contributed by atoms with Crippen molar-refractivity contribution in [3.05, 3.63) is 103 Å². The van der Waals surface area contributed by atoms with Gasteiger partial charge in [-0.1, -0.05) is 24.3 Å². The molecule has 1 saturated heterocycles. The summed E-state index contributed by atoms with van der Waals surface area (Å²) in [6, 6.07) is 20.8. The van der Waals surface area contributed by atoms with E-state index in [9.17, 15) is 22.0 Å². The molecule has 0 amide bonds. The summed E-state index contributed by atoms with van der Waals surface area (Å²) >= 11 is 0. The van der Waals surface area contributed by atoms with Crippen LogP contribution < -0.4 is 9.62 Å². The Morgan fingerprint density at radius 1 is 0.867 bits per heavy atom. The molecule has 0 saturated carbocycles. The van der Waals surface area contributed by atoms with Gasteiger partial charge in [-0.2, -0.15) is 4.21 Å². The number of benzene rings is 3. The lowest BCUT2D eigenvalue weighted by Gasteiger charge is -2.51. The van der Waals surface area contributed by atoms with Gasteiger partial charge in [-0.25, -0.2) is 22.5 Å². The van der Waals surface area contributed by atoms with Crippen molar-refractivity contribution in [2.75, 3.05) is 42.1 Å². The van der Waals surface area contributed by atoms with Gasteiger partial charge in [-0.05, 0) is 60.2 Å². The van der Waals surface area contributed by atoms with Crippen molar-refractivity contribution in [2.45, 2.75) is 9.79 Å². The third kappa shape index (κ3) is 6.13. The number of aromatic nitrogens is 3. The first kappa shape index (κ1) is 30.3. The van der Waals surface area contributed by atoms with E-state index in [2.05, 4.69) is 14.7 Å². The van der Waals surface area contributed by atoms with E-state index in [1.165, 1.54) is 53.2 Å². The molecular weight excluding hydrogens is 617 g/mol. The first-order chi connectivity index (χ1) is 21.4. The Balaban J connectivity index is 1.19. The van der Waals surface area contributed by atoms with Crippen LogP contribution in [0.4, 0.5) is 11.5 Å². The summed E-state index contributed by atoms with van der Waals surface area (Å²) in [5.74, 6) is -0.488. The van der Waals surface area contributed by atoms with E-state index >= 15 is 0 Å². The highest BCUT2D eigenvalue weighted by atomic mass is 32.3. The standard InChI is InChI=1S/C31H30N6O6S2/c1-45(42,43,27-10-7-22(8-11-27)31(38)39)37-15-13-36(14-16-37)30-21-33-28-12-9-23(18-29(28)34-30)24-17-25(20-32-19-24)35-44(40,41)26-5-3-2-4-6-26/h2-12,17-21,35H,13-16H2,1H3,(H,38,39)(H,42,43). The van der Waals surface area contributed by atoms with Crippen LogP contribution in [-0.2, 0) is 19.6 Å². The molecule has 12 nitrogen and oxygen atoms in total. The van der Waals surface area contributed by atoms with Gasteiger partial charge >= 0.3 is 5.97 Å². The maximum absolute atomic E-state index is 13.8. The van der Waals surface area contributed by atoms with Crippen molar-refractivity contribution in [3.8, 4) is 11.1 Å². The quantitative estimate of drug-likeness (QED) is 0.222. The van der Waals surface area contributed by atoms with Crippen LogP contribution in [0.1, 0.15) is 10.4 Å². The zero-order valence-electron chi connectivity index (χ0n) is 24.1. The van der Waals surface area contributed by atoms with Crippen LogP contribution in [0.15, 0.2) is 107 Å². The molecule has 0 bridgehead atoms. The number of anilines is 2. The Labute approximate surface area is 259 Å². The Bertz CT molecular complexity index is 2080. The zero-order chi connectivity index (χ0) is 31.8. The minimum atomic E-state index is -4.41. The minimum Gasteiger partial charge on any atom is -0.478 e. The molecule has 5 aromatic rings. The van der Waals surface area contributed by atoms with Gasteiger partial charge in [0.2, 0.25) is 0 Å². The number of hydrogen-bond acceptors (Lipinski definition) is 8. The molecule has 232 valence electrons. The summed E-state index contributed by atoms with van der Waals surface area (Å²) in [4.78, 5) is 27.1. The molecule has 0 spiro atoms. The summed E-state index contributed by atoms with van der Waals surface area (Å²) in [6.45, 7) is 1.39. The molecule has 45 heavy (non-hydrogen) atoms. The summed E-state index contributed by atoms with van der Waals surface area (Å²) in [7, 11) is -8.19. The van der Waals surface area contributed by atoms with E-state index in [1.54, 1.807) is 36.7 Å². The van der Waals surface area contributed by atoms with Crippen LogP contribution in [0.3, 0.4) is 0 Å². The number of nitrogens with one attached hydrogen (secondary N) is 1. The molecule has 3 N–H and O–H groups in total. The summed E-state index contributed by atoms with van der Waals surface area (Å²) < 4.78 is 54.9. The molecule has 6 rings (SSSR count). The maximum atomic E-state index is 13.8. The van der Waals surface area contributed by atoms with Crippen molar-refractivity contribution < 1.29 is 27.1 Å². The van der Waals surface area contributed by atoms with E-state index in [1.807, 2.05) is 23.1 Å². The number of carboxylic acid groups (broad SMARTS) is 1. The van der Waals surface area contributed by atoms with Crippen molar-refractivity contribution in [1.29, 1.82) is 0 Å². The van der Waals surface area contributed by atoms with Gasteiger partial charge in [0.25, 0.3) is 10.0 Å². The largest absolute Gasteiger partial charge is 0.478 e. The molecule has 0 aliphatic carbocycles. The van der Waals surface area contributed by atoms with Crippen LogP contribution in [0.5, 0.6) is 0 Å². The molecule has 1 fully saturated rings. The average molecular weight is 647 g/mol. The number of carbonyl (C=O) groups is 1. The van der Waals surface area contributed by atoms with E-state index in [0.717, 1.165) is 5.56 Å². The topological polar surface area (TPSA) is 166 Å². The molecule has 1 aliphatic rings. The number of rotatable bonds is 8. The first-order valence-corrected chi connectivity index (χ1v) is 17.7. The fraction of sp³-hybridized carbons (Fsp3) is 0.161. The number of pyridine rings is 1. The SMILES string of the molecule is CS(=O)(O)(c1ccc(C(=O)O)cc1)N1CCN(c2cnc3ccc(-c4cncc(NS(=O)(=O)c5ccccc5)c4)cc3n2)CC1. The normalized spacial score (nSPS) is 15.3. The molecule has 2 aromatic heterocycles. The maximum Gasteiger partial charge on any atom is 0.335 e. The third-order valence-electron chi connectivity index (χ3n) is 7.72. The number of piperazine rings is 1. The second-order valence-corrected chi connectivity index (χ2v) is 15.9. The molecule has 0 unspecified atom stereocenters. The Kier molecular flexibility index (Phi) is 7.61. The molecule has 3 aromatic carbocycles. The zero-order valence-corrected chi connectivity index (χ0v) is 25.8. The molecule has 3 heterocycles. The van der Waals surface area contributed by atoms with Crippen molar-refractivity contribution in [2.24, 2.45) is 0 Å². The Morgan fingerprint density at radius 3 is 2.27 bits per heavy atom. The molecular formula is C31H30N6O6S2. The van der Waals surface area contributed by atoms with Crippen LogP contribution in [0.25, 0.3) is 22.2 Å². The minimum absolute atomic E-state index is 0.0429. The second-order valence-electron chi connectivity index (χ2n) is 10.8. The highest BCUT2D eigenvalue weighted by Crippen LogP contribution is 2.35. The van der Waals surface area contributed by atoms with Gasteiger partial charge in [0, 0.05) is 44.2 Å². The van der Waals surface area contributed by atoms with Crippen LogP contribution in [0, 0.1) is 0 Å². The van der Waals surface area contributed by atoms with Gasteiger partial charge in [0.15, 0.2) is 0 Å². The van der Waals surface area contributed by atoms with E-state index in [4.69, 9.17) is 10.1 Å². The average Bonchev–Trinajstić information content (AvgIpc) is 3.04. The number of aromatic carboxylic acids is 1. The number of nitrogens with zero attached hydrogens (tertiary/aromatic N) is 5. The molecule has 1 aliphatic heterocycles. The van der Waals surface area contributed by atoms with Gasteiger partial charge in [-0.15, -0.1) is 9.53 Å². The van der Waals surface area contributed by atoms with Crippen molar-refractivity contribution >= 4 is 48.1 Å². The smallest absolute Gasteiger partial charge is 0.335 e. The number of fused-ring (bicyclic) bond motifs is 1. The van der Waals surface area contributed by atoms with E-state index < -0.39 is 25.5 Å². The van der Waals surface area contributed by atoms with E-state index in [0.29, 0.717) is 41.2 Å². The number of sulfonamides is 1. The van der Waals surface area contributed by atoms with Crippen LogP contribution >= 0.6 is 0 Å².